The zero-order chi connectivity index (χ0) is 13.8. The molecule has 0 heterocycles. The number of methoxy groups -OCH3 is 1. The number of anilines is 1. The first-order valence-electron chi connectivity index (χ1n) is 5.61. The zero-order valence-corrected chi connectivity index (χ0v) is 11.7. The van der Waals surface area contributed by atoms with E-state index in [4.69, 9.17) is 27.9 Å². The van der Waals surface area contributed by atoms with Crippen molar-refractivity contribution in [2.45, 2.75) is 6.54 Å². The van der Waals surface area contributed by atoms with Gasteiger partial charge in [-0.1, -0.05) is 29.3 Å². The third kappa shape index (κ3) is 3.52. The van der Waals surface area contributed by atoms with Gasteiger partial charge in [0.2, 0.25) is 0 Å². The summed E-state index contributed by atoms with van der Waals surface area (Å²) in [5, 5.41) is 3.98. The molecule has 0 amide bonds. The average Bonchev–Trinajstić information content (AvgIpc) is 2.38. The first kappa shape index (κ1) is 14.0. The summed E-state index contributed by atoms with van der Waals surface area (Å²) >= 11 is 11.7. The number of ether oxygens (including phenoxy) is 1. The Hall–Kier alpha value is -1.45. The molecule has 0 aliphatic heterocycles. The molecule has 100 valence electrons. The standard InChI is InChI=1S/C14H12Cl2FNO/c1-19-14-5-4-11(7-12(14)16)18-8-9-2-3-10(15)6-13(9)17/h2-7,18H,8H2,1H3. The second-order valence-electron chi connectivity index (χ2n) is 3.94. The van der Waals surface area contributed by atoms with E-state index in [9.17, 15) is 4.39 Å². The van der Waals surface area contributed by atoms with Crippen LogP contribution >= 0.6 is 23.2 Å². The average molecular weight is 300 g/mol. The molecule has 0 radical (unpaired) electrons. The number of hydrogen-bond donors (Lipinski definition) is 1. The molecule has 1 N–H and O–H groups in total. The Morgan fingerprint density at radius 1 is 1.16 bits per heavy atom. The predicted molar refractivity (Wildman–Crippen MR) is 76.7 cm³/mol. The monoisotopic (exact) mass is 299 g/mol. The first-order valence-corrected chi connectivity index (χ1v) is 6.37. The number of benzene rings is 2. The third-order valence-corrected chi connectivity index (χ3v) is 3.18. The molecular formula is C14H12Cl2FNO. The molecule has 0 atom stereocenters. The minimum atomic E-state index is -0.334. The molecule has 2 aromatic rings. The second-order valence-corrected chi connectivity index (χ2v) is 4.78. The Bertz CT molecular complexity index is 590. The van der Waals surface area contributed by atoms with E-state index in [1.807, 2.05) is 6.07 Å². The maximum Gasteiger partial charge on any atom is 0.137 e. The zero-order valence-electron chi connectivity index (χ0n) is 10.2. The van der Waals surface area contributed by atoms with Crippen LogP contribution in [0.5, 0.6) is 5.75 Å². The molecule has 0 saturated heterocycles. The molecule has 0 unspecified atom stereocenters. The van der Waals surface area contributed by atoms with Gasteiger partial charge in [0.25, 0.3) is 0 Å². The van der Waals surface area contributed by atoms with Gasteiger partial charge in [-0.2, -0.15) is 0 Å². The van der Waals surface area contributed by atoms with Crippen LogP contribution in [-0.2, 0) is 6.54 Å². The van der Waals surface area contributed by atoms with E-state index in [-0.39, 0.29) is 5.82 Å². The largest absolute Gasteiger partial charge is 0.495 e. The van der Waals surface area contributed by atoms with Crippen LogP contribution in [0.15, 0.2) is 36.4 Å². The van der Waals surface area contributed by atoms with Crippen molar-refractivity contribution in [1.29, 1.82) is 0 Å². The molecule has 2 nitrogen and oxygen atoms in total. The molecule has 0 fully saturated rings. The highest BCUT2D eigenvalue weighted by atomic mass is 35.5. The topological polar surface area (TPSA) is 21.3 Å². The van der Waals surface area contributed by atoms with Crippen molar-refractivity contribution in [3.8, 4) is 5.75 Å². The smallest absolute Gasteiger partial charge is 0.137 e. The van der Waals surface area contributed by atoms with Gasteiger partial charge in [0.05, 0.1) is 12.1 Å². The van der Waals surface area contributed by atoms with Gasteiger partial charge in [-0.25, -0.2) is 4.39 Å². The molecule has 0 aromatic heterocycles. The summed E-state index contributed by atoms with van der Waals surface area (Å²) in [6.45, 7) is 0.353. The highest BCUT2D eigenvalue weighted by Crippen LogP contribution is 2.27. The quantitative estimate of drug-likeness (QED) is 0.879. The Labute approximate surface area is 121 Å². The predicted octanol–water partition coefficient (Wildman–Crippen LogP) is 4.75. The number of hydrogen-bond acceptors (Lipinski definition) is 2. The summed E-state index contributed by atoms with van der Waals surface area (Å²) in [6, 6.07) is 9.90. The Morgan fingerprint density at radius 2 is 1.95 bits per heavy atom. The summed E-state index contributed by atoms with van der Waals surface area (Å²) in [6.07, 6.45) is 0. The molecular weight excluding hydrogens is 288 g/mol. The van der Waals surface area contributed by atoms with E-state index in [2.05, 4.69) is 5.32 Å². The molecule has 0 aliphatic rings. The molecule has 2 rings (SSSR count). The first-order chi connectivity index (χ1) is 9.10. The van der Waals surface area contributed by atoms with Gasteiger partial charge >= 0.3 is 0 Å². The molecule has 0 saturated carbocycles. The second kappa shape index (κ2) is 6.13. The van der Waals surface area contributed by atoms with Crippen LogP contribution in [0.2, 0.25) is 10.0 Å². The number of halogens is 3. The molecule has 19 heavy (non-hydrogen) atoms. The van der Waals surface area contributed by atoms with Crippen LogP contribution in [0.25, 0.3) is 0 Å². The van der Waals surface area contributed by atoms with Gasteiger partial charge in [-0.3, -0.25) is 0 Å². The summed E-state index contributed by atoms with van der Waals surface area (Å²) in [4.78, 5) is 0. The van der Waals surface area contributed by atoms with Crippen LogP contribution in [0.3, 0.4) is 0 Å². The van der Waals surface area contributed by atoms with Crippen LogP contribution in [0.4, 0.5) is 10.1 Å². The molecule has 5 heteroatoms. The lowest BCUT2D eigenvalue weighted by molar-refractivity contribution is 0.415. The van der Waals surface area contributed by atoms with E-state index in [1.165, 1.54) is 6.07 Å². The van der Waals surface area contributed by atoms with Crippen molar-refractivity contribution in [3.63, 3.8) is 0 Å². The van der Waals surface area contributed by atoms with Crippen molar-refractivity contribution < 1.29 is 9.13 Å². The van der Waals surface area contributed by atoms with E-state index in [0.717, 1.165) is 5.69 Å². The molecule has 2 aromatic carbocycles. The number of rotatable bonds is 4. The van der Waals surface area contributed by atoms with Crippen LogP contribution in [0.1, 0.15) is 5.56 Å². The maximum absolute atomic E-state index is 13.6. The molecule has 0 bridgehead atoms. The summed E-state index contributed by atoms with van der Waals surface area (Å²) < 4.78 is 18.6. The lowest BCUT2D eigenvalue weighted by Gasteiger charge is -2.09. The fraction of sp³-hybridized carbons (Fsp3) is 0.143. The SMILES string of the molecule is COc1ccc(NCc2ccc(Cl)cc2F)cc1Cl. The highest BCUT2D eigenvalue weighted by molar-refractivity contribution is 6.32. The van der Waals surface area contributed by atoms with E-state index >= 15 is 0 Å². The third-order valence-electron chi connectivity index (χ3n) is 2.65. The maximum atomic E-state index is 13.6. The van der Waals surface area contributed by atoms with Crippen molar-refractivity contribution in [2.75, 3.05) is 12.4 Å². The van der Waals surface area contributed by atoms with Crippen LogP contribution < -0.4 is 10.1 Å². The van der Waals surface area contributed by atoms with Gasteiger partial charge < -0.3 is 10.1 Å². The van der Waals surface area contributed by atoms with Gasteiger partial charge in [0.1, 0.15) is 11.6 Å². The Kier molecular flexibility index (Phi) is 4.51. The van der Waals surface area contributed by atoms with Crippen LogP contribution in [0, 0.1) is 5.82 Å². The minimum Gasteiger partial charge on any atom is -0.495 e. The van der Waals surface area contributed by atoms with Crippen molar-refractivity contribution in [1.82, 2.24) is 0 Å². The molecule has 0 spiro atoms. The number of nitrogens with one attached hydrogen (secondary N) is 1. The lowest BCUT2D eigenvalue weighted by Crippen LogP contribution is -2.01. The van der Waals surface area contributed by atoms with Crippen molar-refractivity contribution in [2.24, 2.45) is 0 Å². The normalized spacial score (nSPS) is 10.3. The van der Waals surface area contributed by atoms with Crippen molar-refractivity contribution >= 4 is 28.9 Å². The minimum absolute atomic E-state index is 0.334. The van der Waals surface area contributed by atoms with Crippen LogP contribution in [-0.4, -0.2) is 7.11 Å². The van der Waals surface area contributed by atoms with E-state index in [0.29, 0.717) is 27.9 Å². The summed E-state index contributed by atoms with van der Waals surface area (Å²) in [5.41, 5.74) is 1.33. The Morgan fingerprint density at radius 3 is 2.58 bits per heavy atom. The fourth-order valence-electron chi connectivity index (χ4n) is 1.64. The summed E-state index contributed by atoms with van der Waals surface area (Å²) in [7, 11) is 1.55. The van der Waals surface area contributed by atoms with Gasteiger partial charge in [0, 0.05) is 22.8 Å². The van der Waals surface area contributed by atoms with E-state index < -0.39 is 0 Å². The summed E-state index contributed by atoms with van der Waals surface area (Å²) in [5.74, 6) is 0.268. The van der Waals surface area contributed by atoms with Gasteiger partial charge in [0.15, 0.2) is 0 Å². The lowest BCUT2D eigenvalue weighted by atomic mass is 10.2. The fourth-order valence-corrected chi connectivity index (χ4v) is 2.06. The van der Waals surface area contributed by atoms with Gasteiger partial charge in [-0.05, 0) is 30.3 Å². The Balaban J connectivity index is 2.08. The van der Waals surface area contributed by atoms with Gasteiger partial charge in [-0.15, -0.1) is 0 Å². The van der Waals surface area contributed by atoms with E-state index in [1.54, 1.807) is 31.4 Å². The molecule has 0 aliphatic carbocycles. The highest BCUT2D eigenvalue weighted by Gasteiger charge is 2.04. The van der Waals surface area contributed by atoms with Crippen molar-refractivity contribution in [3.05, 3.63) is 57.8 Å².